The summed E-state index contributed by atoms with van der Waals surface area (Å²) in [6.45, 7) is 1.96. The number of hydrogen-bond donors (Lipinski definition) is 2. The molecule has 0 radical (unpaired) electrons. The third-order valence-electron chi connectivity index (χ3n) is 2.91. The summed E-state index contributed by atoms with van der Waals surface area (Å²) in [5, 5.41) is 5.99. The van der Waals surface area contributed by atoms with Gasteiger partial charge in [0.05, 0.1) is 11.8 Å². The number of nitrogens with one attached hydrogen (secondary N) is 2. The van der Waals surface area contributed by atoms with Gasteiger partial charge in [0, 0.05) is 25.2 Å². The number of hydrogen-bond acceptors (Lipinski definition) is 3. The molecule has 2 rings (SSSR count). The maximum Gasteiger partial charge on any atom is 0.253 e. The minimum absolute atomic E-state index is 0.0172. The molecular formula is C15H18N2O2. The van der Waals surface area contributed by atoms with Crippen molar-refractivity contribution in [2.24, 2.45) is 0 Å². The highest BCUT2D eigenvalue weighted by Gasteiger charge is 2.13. The molecule has 0 fully saturated rings. The Hall–Kier alpha value is -2.23. The summed E-state index contributed by atoms with van der Waals surface area (Å²) in [4.78, 5) is 12.2. The van der Waals surface area contributed by atoms with Crippen LogP contribution < -0.4 is 10.6 Å². The number of para-hydroxylation sites is 1. The van der Waals surface area contributed by atoms with Gasteiger partial charge in [-0.05, 0) is 31.2 Å². The highest BCUT2D eigenvalue weighted by Crippen LogP contribution is 2.14. The Labute approximate surface area is 112 Å². The minimum atomic E-state index is -0.0796. The second kappa shape index (κ2) is 6.09. The topological polar surface area (TPSA) is 54.3 Å². The molecular weight excluding hydrogens is 240 g/mol. The van der Waals surface area contributed by atoms with Gasteiger partial charge in [-0.2, -0.15) is 0 Å². The molecule has 2 N–H and O–H groups in total. The molecule has 1 aromatic carbocycles. The van der Waals surface area contributed by atoms with E-state index in [4.69, 9.17) is 4.42 Å². The van der Waals surface area contributed by atoms with E-state index in [1.165, 1.54) is 0 Å². The van der Waals surface area contributed by atoms with Gasteiger partial charge in [0.25, 0.3) is 5.91 Å². The lowest BCUT2D eigenvalue weighted by Crippen LogP contribution is -2.34. The van der Waals surface area contributed by atoms with E-state index in [0.29, 0.717) is 12.0 Å². The highest BCUT2D eigenvalue weighted by atomic mass is 16.3. The third kappa shape index (κ3) is 3.37. The predicted molar refractivity (Wildman–Crippen MR) is 75.3 cm³/mol. The fourth-order valence-corrected chi connectivity index (χ4v) is 1.98. The maximum atomic E-state index is 12.2. The maximum absolute atomic E-state index is 12.2. The first-order valence-corrected chi connectivity index (χ1v) is 6.30. The van der Waals surface area contributed by atoms with Gasteiger partial charge in [-0.15, -0.1) is 0 Å². The SMILES string of the molecule is CNc1ccccc1C(=O)NC(C)Cc1ccco1. The summed E-state index contributed by atoms with van der Waals surface area (Å²) in [6.07, 6.45) is 2.32. The van der Waals surface area contributed by atoms with Crippen LogP contribution in [0.1, 0.15) is 23.0 Å². The zero-order valence-electron chi connectivity index (χ0n) is 11.1. The number of carbonyl (C=O) groups is 1. The van der Waals surface area contributed by atoms with Crippen molar-refractivity contribution in [2.45, 2.75) is 19.4 Å². The molecule has 0 aliphatic rings. The normalized spacial score (nSPS) is 11.9. The Morgan fingerprint density at radius 3 is 2.74 bits per heavy atom. The Balaban J connectivity index is 2.00. The Kier molecular flexibility index (Phi) is 4.23. The summed E-state index contributed by atoms with van der Waals surface area (Å²) in [5.41, 5.74) is 1.47. The number of benzene rings is 1. The minimum Gasteiger partial charge on any atom is -0.469 e. The molecule has 1 heterocycles. The Morgan fingerprint density at radius 2 is 2.05 bits per heavy atom. The molecule has 4 nitrogen and oxygen atoms in total. The first-order valence-electron chi connectivity index (χ1n) is 6.30. The lowest BCUT2D eigenvalue weighted by molar-refractivity contribution is 0.0940. The quantitative estimate of drug-likeness (QED) is 0.867. The van der Waals surface area contributed by atoms with Gasteiger partial charge in [0.1, 0.15) is 5.76 Å². The average Bonchev–Trinajstić information content (AvgIpc) is 2.91. The second-order valence-corrected chi connectivity index (χ2v) is 4.45. The van der Waals surface area contributed by atoms with Crippen LogP contribution >= 0.6 is 0 Å². The standard InChI is InChI=1S/C15H18N2O2/c1-11(10-12-6-5-9-19-12)17-15(18)13-7-3-4-8-14(13)16-2/h3-9,11,16H,10H2,1-2H3,(H,17,18). The van der Waals surface area contributed by atoms with Crippen LogP contribution in [0.15, 0.2) is 47.1 Å². The molecule has 19 heavy (non-hydrogen) atoms. The molecule has 0 spiro atoms. The van der Waals surface area contributed by atoms with Gasteiger partial charge >= 0.3 is 0 Å². The van der Waals surface area contributed by atoms with E-state index in [-0.39, 0.29) is 11.9 Å². The number of anilines is 1. The number of furan rings is 1. The number of carbonyl (C=O) groups excluding carboxylic acids is 1. The van der Waals surface area contributed by atoms with Gasteiger partial charge in [-0.3, -0.25) is 4.79 Å². The number of amides is 1. The zero-order valence-corrected chi connectivity index (χ0v) is 11.1. The summed E-state index contributed by atoms with van der Waals surface area (Å²) < 4.78 is 5.27. The van der Waals surface area contributed by atoms with E-state index < -0.39 is 0 Å². The van der Waals surface area contributed by atoms with Crippen molar-refractivity contribution in [3.05, 3.63) is 54.0 Å². The lowest BCUT2D eigenvalue weighted by atomic mass is 10.1. The molecule has 4 heteroatoms. The smallest absolute Gasteiger partial charge is 0.253 e. The first-order chi connectivity index (χ1) is 9.20. The molecule has 0 aliphatic carbocycles. The molecule has 100 valence electrons. The fourth-order valence-electron chi connectivity index (χ4n) is 1.98. The van der Waals surface area contributed by atoms with Crippen LogP contribution in [0.25, 0.3) is 0 Å². The van der Waals surface area contributed by atoms with Crippen LogP contribution in [0, 0.1) is 0 Å². The van der Waals surface area contributed by atoms with Crippen molar-refractivity contribution in [3.8, 4) is 0 Å². The van der Waals surface area contributed by atoms with Crippen LogP contribution in [0.5, 0.6) is 0 Å². The molecule has 2 aromatic rings. The van der Waals surface area contributed by atoms with Crippen molar-refractivity contribution in [1.82, 2.24) is 5.32 Å². The van der Waals surface area contributed by atoms with Crippen LogP contribution in [0.4, 0.5) is 5.69 Å². The van der Waals surface area contributed by atoms with Gasteiger partial charge in [-0.1, -0.05) is 12.1 Å². The van der Waals surface area contributed by atoms with Gasteiger partial charge < -0.3 is 15.1 Å². The van der Waals surface area contributed by atoms with E-state index in [0.717, 1.165) is 11.4 Å². The van der Waals surface area contributed by atoms with Gasteiger partial charge in [0.15, 0.2) is 0 Å². The van der Waals surface area contributed by atoms with Crippen molar-refractivity contribution < 1.29 is 9.21 Å². The van der Waals surface area contributed by atoms with E-state index in [1.54, 1.807) is 19.4 Å². The molecule has 1 atom stereocenters. The van der Waals surface area contributed by atoms with E-state index in [9.17, 15) is 4.79 Å². The van der Waals surface area contributed by atoms with E-state index in [2.05, 4.69) is 10.6 Å². The van der Waals surface area contributed by atoms with Crippen LogP contribution in [0.3, 0.4) is 0 Å². The average molecular weight is 258 g/mol. The zero-order chi connectivity index (χ0) is 13.7. The van der Waals surface area contributed by atoms with Crippen LogP contribution in [-0.2, 0) is 6.42 Å². The molecule has 1 unspecified atom stereocenters. The molecule has 0 aliphatic heterocycles. The van der Waals surface area contributed by atoms with Gasteiger partial charge in [0.2, 0.25) is 0 Å². The fraction of sp³-hybridized carbons (Fsp3) is 0.267. The Bertz CT molecular complexity index is 535. The van der Waals surface area contributed by atoms with Crippen LogP contribution in [-0.4, -0.2) is 19.0 Å². The summed E-state index contributed by atoms with van der Waals surface area (Å²) >= 11 is 0. The van der Waals surface area contributed by atoms with Crippen molar-refractivity contribution >= 4 is 11.6 Å². The largest absolute Gasteiger partial charge is 0.469 e. The van der Waals surface area contributed by atoms with Gasteiger partial charge in [-0.25, -0.2) is 0 Å². The number of rotatable bonds is 5. The molecule has 0 saturated carbocycles. The van der Waals surface area contributed by atoms with E-state index >= 15 is 0 Å². The molecule has 1 aromatic heterocycles. The van der Waals surface area contributed by atoms with Crippen LogP contribution in [0.2, 0.25) is 0 Å². The second-order valence-electron chi connectivity index (χ2n) is 4.45. The molecule has 1 amide bonds. The third-order valence-corrected chi connectivity index (χ3v) is 2.91. The Morgan fingerprint density at radius 1 is 1.26 bits per heavy atom. The molecule has 0 saturated heterocycles. The van der Waals surface area contributed by atoms with Crippen molar-refractivity contribution in [1.29, 1.82) is 0 Å². The lowest BCUT2D eigenvalue weighted by Gasteiger charge is -2.14. The van der Waals surface area contributed by atoms with E-state index in [1.807, 2.05) is 37.3 Å². The van der Waals surface area contributed by atoms with Crippen molar-refractivity contribution in [3.63, 3.8) is 0 Å². The molecule has 0 bridgehead atoms. The first kappa shape index (κ1) is 13.2. The summed E-state index contributed by atoms with van der Waals surface area (Å²) in [7, 11) is 1.80. The highest BCUT2D eigenvalue weighted by molar-refractivity contribution is 5.99. The summed E-state index contributed by atoms with van der Waals surface area (Å²) in [5.74, 6) is 0.790. The monoisotopic (exact) mass is 258 g/mol. The summed E-state index contributed by atoms with van der Waals surface area (Å²) in [6, 6.07) is 11.2. The van der Waals surface area contributed by atoms with Crippen molar-refractivity contribution in [2.75, 3.05) is 12.4 Å². The predicted octanol–water partition coefficient (Wildman–Crippen LogP) is 2.68.